The molecule has 0 aliphatic carbocycles. The molecule has 3 rings (SSSR count). The maximum absolute atomic E-state index is 14.3. The molecule has 3 aromatic rings. The molecule has 1 unspecified atom stereocenters. The molecule has 41 heavy (non-hydrogen) atoms. The largest absolute Gasteiger partial charge is 0.494 e. The maximum Gasteiger partial charge on any atom is 0.247 e. The van der Waals surface area contributed by atoms with Crippen LogP contribution in [0.3, 0.4) is 0 Å². The van der Waals surface area contributed by atoms with Gasteiger partial charge in [0.05, 0.1) is 34.8 Å². The number of likely N-dealkylation sites (N-methyl/N-ethyl adjacent to an activating group) is 2. The van der Waals surface area contributed by atoms with Crippen LogP contribution in [0.15, 0.2) is 43.2 Å². The van der Waals surface area contributed by atoms with Gasteiger partial charge < -0.3 is 35.6 Å². The second kappa shape index (κ2) is 13.6. The molecular weight excluding hydrogens is 551 g/mol. The van der Waals surface area contributed by atoms with Crippen LogP contribution in [0.1, 0.15) is 25.8 Å². The lowest BCUT2D eigenvalue weighted by Gasteiger charge is -2.26. The van der Waals surface area contributed by atoms with Crippen LogP contribution in [0, 0.1) is 5.82 Å². The normalized spacial score (nSPS) is 12.4. The highest BCUT2D eigenvalue weighted by Gasteiger charge is 2.26. The Bertz CT molecular complexity index is 1400. The highest BCUT2D eigenvalue weighted by molar-refractivity contribution is 6.31. The number of hydrogen-bond donors (Lipinski definition) is 4. The van der Waals surface area contributed by atoms with E-state index in [4.69, 9.17) is 16.3 Å². The van der Waals surface area contributed by atoms with Crippen LogP contribution in [0.5, 0.6) is 5.75 Å². The van der Waals surface area contributed by atoms with Crippen molar-refractivity contribution in [3.63, 3.8) is 0 Å². The molecule has 1 heterocycles. The predicted molar refractivity (Wildman–Crippen MR) is 161 cm³/mol. The lowest BCUT2D eigenvalue weighted by atomic mass is 9.91. The van der Waals surface area contributed by atoms with E-state index in [0.717, 1.165) is 12.2 Å². The van der Waals surface area contributed by atoms with Crippen molar-refractivity contribution in [2.75, 3.05) is 62.2 Å². The number of halogens is 2. The summed E-state index contributed by atoms with van der Waals surface area (Å²) >= 11 is 6.03. The highest BCUT2D eigenvalue weighted by Crippen LogP contribution is 2.38. The first-order chi connectivity index (χ1) is 19.4. The van der Waals surface area contributed by atoms with Gasteiger partial charge in [0.1, 0.15) is 17.9 Å². The van der Waals surface area contributed by atoms with Crippen LogP contribution < -0.4 is 25.6 Å². The van der Waals surface area contributed by atoms with Crippen molar-refractivity contribution in [1.82, 2.24) is 19.9 Å². The van der Waals surface area contributed by atoms with Gasteiger partial charge in [0.15, 0.2) is 0 Å². The summed E-state index contributed by atoms with van der Waals surface area (Å²) in [4.78, 5) is 29.1. The fourth-order valence-electron chi connectivity index (χ4n) is 3.85. The Labute approximate surface area is 244 Å². The van der Waals surface area contributed by atoms with Gasteiger partial charge in [-0.1, -0.05) is 25.1 Å². The number of carbonyl (C=O) groups is 1. The second-order valence-electron chi connectivity index (χ2n) is 9.81. The van der Waals surface area contributed by atoms with E-state index in [9.17, 15) is 14.3 Å². The molecule has 2 aromatic carbocycles. The van der Waals surface area contributed by atoms with E-state index in [1.807, 2.05) is 26.0 Å². The average Bonchev–Trinajstić information content (AvgIpc) is 2.93. The summed E-state index contributed by atoms with van der Waals surface area (Å²) in [6.45, 7) is 8.40. The molecule has 0 spiro atoms. The Kier molecular flexibility index (Phi) is 10.4. The number of ether oxygens (including phenoxy) is 1. The quantitative estimate of drug-likeness (QED) is 0.205. The van der Waals surface area contributed by atoms with Crippen LogP contribution in [0.4, 0.5) is 39.0 Å². The minimum Gasteiger partial charge on any atom is -0.494 e. The lowest BCUT2D eigenvalue weighted by Crippen LogP contribution is -2.29. The number of amides is 1. The molecule has 0 fully saturated rings. The number of rotatable bonds is 13. The van der Waals surface area contributed by atoms with Crippen molar-refractivity contribution in [3.05, 3.63) is 59.7 Å². The first kappa shape index (κ1) is 31.5. The Balaban J connectivity index is 1.97. The first-order valence-electron chi connectivity index (χ1n) is 12.8. The SMILES string of the molecule is C=CC(=O)Nc1cc(Nc2ncnc(Nc3cc(Cl)c(F)cc3C(C)(O)CC)n2)c(OC)cc1N(C)CCN(C)C. The standard InChI is InChI=1S/C28H36ClFN8O3/c1-8-25(39)33-21-14-22(24(41-7)15-23(21)38(6)11-10-37(4)5)35-27-32-16-31-26(36-27)34-20-13-18(29)19(30)12-17(20)28(3,40)9-2/h8,12-16,40H,1,9-11H2,2-7H3,(H,33,39)(H2,31,32,34,35,36). The molecule has 1 atom stereocenters. The fraction of sp³-hybridized carbons (Fsp3) is 0.357. The number of carbonyl (C=O) groups excluding carboxylic acids is 1. The first-order valence-corrected chi connectivity index (χ1v) is 13.2. The summed E-state index contributed by atoms with van der Waals surface area (Å²) in [5.74, 6) is -0.257. The molecule has 1 aromatic heterocycles. The molecule has 11 nitrogen and oxygen atoms in total. The van der Waals surface area contributed by atoms with Crippen molar-refractivity contribution in [2.24, 2.45) is 0 Å². The van der Waals surface area contributed by atoms with Gasteiger partial charge in [-0.2, -0.15) is 4.98 Å². The van der Waals surface area contributed by atoms with Gasteiger partial charge in [-0.3, -0.25) is 4.79 Å². The van der Waals surface area contributed by atoms with Crippen molar-refractivity contribution < 1.29 is 19.0 Å². The van der Waals surface area contributed by atoms with E-state index in [1.54, 1.807) is 26.0 Å². The number of aliphatic hydroxyl groups is 1. The van der Waals surface area contributed by atoms with Crippen LogP contribution in [-0.4, -0.2) is 72.2 Å². The number of nitrogens with zero attached hydrogens (tertiary/aromatic N) is 5. The van der Waals surface area contributed by atoms with Gasteiger partial charge in [0, 0.05) is 37.5 Å². The van der Waals surface area contributed by atoms with E-state index >= 15 is 0 Å². The summed E-state index contributed by atoms with van der Waals surface area (Å²) in [5, 5.41) is 19.7. The van der Waals surface area contributed by atoms with Crippen LogP contribution in [0.25, 0.3) is 0 Å². The summed E-state index contributed by atoms with van der Waals surface area (Å²) in [6.07, 6.45) is 2.81. The summed E-state index contributed by atoms with van der Waals surface area (Å²) in [5.41, 5.74) is 1.06. The third-order valence-electron chi connectivity index (χ3n) is 6.45. The number of benzene rings is 2. The fourth-order valence-corrected chi connectivity index (χ4v) is 4.01. The number of nitrogens with one attached hydrogen (secondary N) is 3. The molecule has 0 saturated carbocycles. The highest BCUT2D eigenvalue weighted by atomic mass is 35.5. The zero-order valence-corrected chi connectivity index (χ0v) is 24.8. The number of hydrogen-bond acceptors (Lipinski definition) is 10. The predicted octanol–water partition coefficient (Wildman–Crippen LogP) is 4.90. The van der Waals surface area contributed by atoms with E-state index in [2.05, 4.69) is 42.4 Å². The molecule has 0 aliphatic heterocycles. The second-order valence-corrected chi connectivity index (χ2v) is 10.2. The van der Waals surface area contributed by atoms with Crippen LogP contribution in [-0.2, 0) is 10.4 Å². The topological polar surface area (TPSA) is 128 Å². The Hall–Kier alpha value is -4.00. The number of aromatic nitrogens is 3. The van der Waals surface area contributed by atoms with Gasteiger partial charge in [0.25, 0.3) is 0 Å². The minimum atomic E-state index is -1.33. The molecule has 1 amide bonds. The summed E-state index contributed by atoms with van der Waals surface area (Å²) in [6, 6.07) is 6.08. The van der Waals surface area contributed by atoms with Gasteiger partial charge in [-0.25, -0.2) is 14.4 Å². The summed E-state index contributed by atoms with van der Waals surface area (Å²) in [7, 11) is 7.42. The van der Waals surface area contributed by atoms with Crippen molar-refractivity contribution in [1.29, 1.82) is 0 Å². The Morgan fingerprint density at radius 2 is 1.78 bits per heavy atom. The molecule has 0 radical (unpaired) electrons. The van der Waals surface area contributed by atoms with Gasteiger partial charge >= 0.3 is 0 Å². The van der Waals surface area contributed by atoms with Crippen LogP contribution >= 0.6 is 11.6 Å². The molecule has 13 heteroatoms. The maximum atomic E-state index is 14.3. The average molecular weight is 587 g/mol. The minimum absolute atomic E-state index is 0.120. The monoisotopic (exact) mass is 586 g/mol. The van der Waals surface area contributed by atoms with E-state index in [0.29, 0.717) is 41.3 Å². The molecule has 4 N–H and O–H groups in total. The molecular formula is C28H36ClFN8O3. The van der Waals surface area contributed by atoms with Crippen molar-refractivity contribution >= 4 is 52.2 Å². The Morgan fingerprint density at radius 3 is 2.37 bits per heavy atom. The summed E-state index contributed by atoms with van der Waals surface area (Å²) < 4.78 is 19.9. The third-order valence-corrected chi connectivity index (χ3v) is 6.74. The Morgan fingerprint density at radius 1 is 1.12 bits per heavy atom. The molecule has 0 aliphatic rings. The van der Waals surface area contributed by atoms with Gasteiger partial charge in [-0.15, -0.1) is 0 Å². The third kappa shape index (κ3) is 8.03. The van der Waals surface area contributed by atoms with E-state index < -0.39 is 11.4 Å². The van der Waals surface area contributed by atoms with E-state index in [1.165, 1.54) is 31.6 Å². The molecule has 0 bridgehead atoms. The van der Waals surface area contributed by atoms with Crippen molar-refractivity contribution in [2.45, 2.75) is 25.9 Å². The van der Waals surface area contributed by atoms with Crippen molar-refractivity contribution in [3.8, 4) is 5.75 Å². The lowest BCUT2D eigenvalue weighted by molar-refractivity contribution is -0.111. The van der Waals surface area contributed by atoms with Gasteiger partial charge in [0.2, 0.25) is 17.8 Å². The molecule has 0 saturated heterocycles. The smallest absolute Gasteiger partial charge is 0.247 e. The van der Waals surface area contributed by atoms with Gasteiger partial charge in [-0.05, 0) is 51.7 Å². The zero-order chi connectivity index (χ0) is 30.3. The number of methoxy groups -OCH3 is 1. The molecule has 220 valence electrons. The van der Waals surface area contributed by atoms with E-state index in [-0.39, 0.29) is 22.8 Å². The van der Waals surface area contributed by atoms with Crippen LogP contribution in [0.2, 0.25) is 5.02 Å². The zero-order valence-electron chi connectivity index (χ0n) is 24.0. The number of anilines is 6.